The Morgan fingerprint density at radius 1 is 1.35 bits per heavy atom. The van der Waals surface area contributed by atoms with E-state index in [-0.39, 0.29) is 5.56 Å². The van der Waals surface area contributed by atoms with E-state index < -0.39 is 5.97 Å². The molecule has 1 aromatic carbocycles. The first kappa shape index (κ1) is 14.5. The molecule has 5 heteroatoms. The minimum Gasteiger partial charge on any atom is -0.478 e. The number of anilines is 1. The monoisotopic (exact) mass is 334 g/mol. The molecule has 0 spiro atoms. The lowest BCUT2D eigenvalue weighted by molar-refractivity contribution is 0.0696. The number of aromatic nitrogens is 1. The molecule has 0 atom stereocenters. The summed E-state index contributed by atoms with van der Waals surface area (Å²) < 4.78 is 1.06. The van der Waals surface area contributed by atoms with Gasteiger partial charge >= 0.3 is 5.97 Å². The standard InChI is InChI=1S/C15H15BrN2O2/c1-10-2-3-12(9-14(10)16)18-7-5-13-8-11(15(19)20)4-6-17-13/h2-4,6,8-9,18H,5,7H2,1H3,(H,19,20). The number of hydrogen-bond donors (Lipinski definition) is 2. The molecule has 2 aromatic rings. The molecule has 0 bridgehead atoms. The Labute approximate surface area is 126 Å². The third kappa shape index (κ3) is 3.81. The Balaban J connectivity index is 1.94. The number of rotatable bonds is 5. The Bertz CT molecular complexity index is 629. The van der Waals surface area contributed by atoms with Crippen molar-refractivity contribution >= 4 is 27.6 Å². The van der Waals surface area contributed by atoms with E-state index in [1.54, 1.807) is 6.07 Å². The highest BCUT2D eigenvalue weighted by molar-refractivity contribution is 9.10. The number of halogens is 1. The zero-order valence-corrected chi connectivity index (χ0v) is 12.6. The van der Waals surface area contributed by atoms with Crippen LogP contribution in [0.3, 0.4) is 0 Å². The van der Waals surface area contributed by atoms with Gasteiger partial charge in [-0.15, -0.1) is 0 Å². The fourth-order valence-corrected chi connectivity index (χ4v) is 2.16. The van der Waals surface area contributed by atoms with Gasteiger partial charge in [0, 0.05) is 35.0 Å². The van der Waals surface area contributed by atoms with E-state index in [1.165, 1.54) is 17.8 Å². The Morgan fingerprint density at radius 3 is 2.85 bits per heavy atom. The van der Waals surface area contributed by atoms with Crippen molar-refractivity contribution in [3.8, 4) is 0 Å². The third-order valence-corrected chi connectivity index (χ3v) is 3.80. The molecule has 0 fully saturated rings. The molecule has 2 N–H and O–H groups in total. The first-order valence-corrected chi connectivity index (χ1v) is 7.04. The minimum atomic E-state index is -0.927. The second-order valence-electron chi connectivity index (χ2n) is 4.48. The quantitative estimate of drug-likeness (QED) is 0.878. The molecular weight excluding hydrogens is 320 g/mol. The summed E-state index contributed by atoms with van der Waals surface area (Å²) in [5.41, 5.74) is 3.25. The highest BCUT2D eigenvalue weighted by Gasteiger charge is 2.04. The van der Waals surface area contributed by atoms with Gasteiger partial charge in [0.1, 0.15) is 0 Å². The Hall–Kier alpha value is -1.88. The van der Waals surface area contributed by atoms with E-state index in [9.17, 15) is 4.79 Å². The first-order valence-electron chi connectivity index (χ1n) is 6.24. The number of carbonyl (C=O) groups is 1. The average Bonchev–Trinajstić information content (AvgIpc) is 2.43. The van der Waals surface area contributed by atoms with Crippen LogP contribution in [0.1, 0.15) is 21.6 Å². The van der Waals surface area contributed by atoms with Crippen molar-refractivity contribution in [3.63, 3.8) is 0 Å². The number of nitrogens with one attached hydrogen (secondary N) is 1. The molecule has 0 saturated heterocycles. The van der Waals surface area contributed by atoms with Crippen LogP contribution in [-0.2, 0) is 6.42 Å². The number of aryl methyl sites for hydroxylation is 1. The van der Waals surface area contributed by atoms with Crippen molar-refractivity contribution in [2.75, 3.05) is 11.9 Å². The average molecular weight is 335 g/mol. The summed E-state index contributed by atoms with van der Waals surface area (Å²) >= 11 is 3.49. The van der Waals surface area contributed by atoms with E-state index >= 15 is 0 Å². The molecule has 1 aromatic heterocycles. The largest absolute Gasteiger partial charge is 0.478 e. The molecule has 2 rings (SSSR count). The fourth-order valence-electron chi connectivity index (χ4n) is 1.79. The fraction of sp³-hybridized carbons (Fsp3) is 0.200. The van der Waals surface area contributed by atoms with Gasteiger partial charge in [0.05, 0.1) is 5.56 Å². The van der Waals surface area contributed by atoms with Crippen molar-refractivity contribution < 1.29 is 9.90 Å². The van der Waals surface area contributed by atoms with Crippen LogP contribution < -0.4 is 5.32 Å². The highest BCUT2D eigenvalue weighted by atomic mass is 79.9. The molecule has 0 amide bonds. The lowest BCUT2D eigenvalue weighted by Crippen LogP contribution is -2.07. The van der Waals surface area contributed by atoms with Gasteiger partial charge in [-0.2, -0.15) is 0 Å². The van der Waals surface area contributed by atoms with Crippen molar-refractivity contribution in [1.82, 2.24) is 4.98 Å². The highest BCUT2D eigenvalue weighted by Crippen LogP contribution is 2.20. The SMILES string of the molecule is Cc1ccc(NCCc2cc(C(=O)O)ccn2)cc1Br. The van der Waals surface area contributed by atoms with Gasteiger partial charge in [-0.25, -0.2) is 4.79 Å². The molecular formula is C15H15BrN2O2. The van der Waals surface area contributed by atoms with Gasteiger partial charge in [0.25, 0.3) is 0 Å². The second-order valence-corrected chi connectivity index (χ2v) is 5.34. The topological polar surface area (TPSA) is 62.2 Å². The minimum absolute atomic E-state index is 0.271. The van der Waals surface area contributed by atoms with Gasteiger partial charge < -0.3 is 10.4 Å². The number of benzene rings is 1. The molecule has 0 radical (unpaired) electrons. The van der Waals surface area contributed by atoms with E-state index in [0.29, 0.717) is 13.0 Å². The number of carboxylic acid groups (broad SMARTS) is 1. The van der Waals surface area contributed by atoms with Crippen LogP contribution in [0.4, 0.5) is 5.69 Å². The lowest BCUT2D eigenvalue weighted by atomic mass is 10.2. The van der Waals surface area contributed by atoms with Crippen molar-refractivity contribution in [1.29, 1.82) is 0 Å². The van der Waals surface area contributed by atoms with Crippen LogP contribution in [-0.4, -0.2) is 22.6 Å². The molecule has 1 heterocycles. The lowest BCUT2D eigenvalue weighted by Gasteiger charge is -2.08. The van der Waals surface area contributed by atoms with Gasteiger partial charge in [-0.05, 0) is 36.8 Å². The molecule has 0 aliphatic heterocycles. The molecule has 0 aliphatic carbocycles. The molecule has 0 saturated carbocycles. The zero-order chi connectivity index (χ0) is 14.5. The summed E-state index contributed by atoms with van der Waals surface area (Å²) in [6, 6.07) is 9.18. The van der Waals surface area contributed by atoms with Crippen LogP contribution in [0.5, 0.6) is 0 Å². The number of nitrogens with zero attached hydrogens (tertiary/aromatic N) is 1. The van der Waals surface area contributed by atoms with Gasteiger partial charge in [0.15, 0.2) is 0 Å². The van der Waals surface area contributed by atoms with Crippen LogP contribution in [0, 0.1) is 6.92 Å². The predicted molar refractivity (Wildman–Crippen MR) is 82.3 cm³/mol. The number of aromatic carboxylic acids is 1. The van der Waals surface area contributed by atoms with Crippen LogP contribution in [0.15, 0.2) is 41.0 Å². The first-order chi connectivity index (χ1) is 9.56. The zero-order valence-electron chi connectivity index (χ0n) is 11.1. The summed E-state index contributed by atoms with van der Waals surface area (Å²) in [4.78, 5) is 15.0. The van der Waals surface area contributed by atoms with Crippen LogP contribution in [0.2, 0.25) is 0 Å². The smallest absolute Gasteiger partial charge is 0.335 e. The number of hydrogen-bond acceptors (Lipinski definition) is 3. The normalized spacial score (nSPS) is 10.3. The Morgan fingerprint density at radius 2 is 2.15 bits per heavy atom. The summed E-state index contributed by atoms with van der Waals surface area (Å²) in [6.07, 6.45) is 2.20. The van der Waals surface area contributed by atoms with Crippen molar-refractivity contribution in [2.24, 2.45) is 0 Å². The van der Waals surface area contributed by atoms with Crippen LogP contribution >= 0.6 is 15.9 Å². The van der Waals surface area contributed by atoms with Gasteiger partial charge in [-0.1, -0.05) is 22.0 Å². The van der Waals surface area contributed by atoms with Gasteiger partial charge in [0.2, 0.25) is 0 Å². The second kappa shape index (κ2) is 6.52. The van der Waals surface area contributed by atoms with Crippen molar-refractivity contribution in [3.05, 3.63) is 57.8 Å². The Kier molecular flexibility index (Phi) is 4.74. The number of pyridine rings is 1. The van der Waals surface area contributed by atoms with E-state index in [1.807, 2.05) is 25.1 Å². The predicted octanol–water partition coefficient (Wildman–Crippen LogP) is 3.51. The third-order valence-electron chi connectivity index (χ3n) is 2.95. The van der Waals surface area contributed by atoms with Crippen LogP contribution in [0.25, 0.3) is 0 Å². The molecule has 104 valence electrons. The summed E-state index contributed by atoms with van der Waals surface area (Å²) in [6.45, 7) is 2.74. The van der Waals surface area contributed by atoms with E-state index in [2.05, 4.69) is 26.2 Å². The molecule has 4 nitrogen and oxygen atoms in total. The van der Waals surface area contributed by atoms with Crippen molar-refractivity contribution in [2.45, 2.75) is 13.3 Å². The molecule has 0 aliphatic rings. The molecule has 20 heavy (non-hydrogen) atoms. The summed E-state index contributed by atoms with van der Waals surface area (Å²) in [5, 5.41) is 12.2. The molecule has 0 unspecified atom stereocenters. The van der Waals surface area contributed by atoms with Gasteiger partial charge in [-0.3, -0.25) is 4.98 Å². The van der Waals surface area contributed by atoms with E-state index in [4.69, 9.17) is 5.11 Å². The number of carboxylic acids is 1. The maximum atomic E-state index is 10.9. The maximum Gasteiger partial charge on any atom is 0.335 e. The van der Waals surface area contributed by atoms with E-state index in [0.717, 1.165) is 15.9 Å². The summed E-state index contributed by atoms with van der Waals surface area (Å²) in [7, 11) is 0. The maximum absolute atomic E-state index is 10.9. The summed E-state index contributed by atoms with van der Waals surface area (Å²) in [5.74, 6) is -0.927.